The molecule has 114 valence electrons. The smallest absolute Gasteiger partial charge is 0.155 e. The standard InChI is InChI=1S/C13H21BrN2O3S/c1-3-9-13(14)10(16(2)15-9)8-11(17)12-6-4-5-7-20(12,18)19/h11-12,17H,3-8H2,1-2H3. The summed E-state index contributed by atoms with van der Waals surface area (Å²) in [5.41, 5.74) is 1.79. The van der Waals surface area contributed by atoms with E-state index in [4.69, 9.17) is 0 Å². The third-order valence-electron chi connectivity index (χ3n) is 3.96. The Hall–Kier alpha value is -0.400. The first-order valence-electron chi connectivity index (χ1n) is 6.96. The number of sulfone groups is 1. The van der Waals surface area contributed by atoms with Crippen LogP contribution in [0.1, 0.15) is 37.6 Å². The molecule has 1 fully saturated rings. The average Bonchev–Trinajstić information content (AvgIpc) is 2.65. The van der Waals surface area contributed by atoms with Gasteiger partial charge in [0.15, 0.2) is 9.84 Å². The first-order valence-corrected chi connectivity index (χ1v) is 9.47. The lowest BCUT2D eigenvalue weighted by Crippen LogP contribution is -2.39. The molecule has 1 saturated heterocycles. The number of hydrogen-bond acceptors (Lipinski definition) is 4. The predicted molar refractivity (Wildman–Crippen MR) is 81.4 cm³/mol. The average molecular weight is 365 g/mol. The van der Waals surface area contributed by atoms with E-state index in [1.54, 1.807) is 4.68 Å². The second kappa shape index (κ2) is 6.15. The van der Waals surface area contributed by atoms with Crippen LogP contribution in [0.3, 0.4) is 0 Å². The Morgan fingerprint density at radius 3 is 2.75 bits per heavy atom. The van der Waals surface area contributed by atoms with Crippen LogP contribution in [0.4, 0.5) is 0 Å². The summed E-state index contributed by atoms with van der Waals surface area (Å²) in [5, 5.41) is 14.1. The zero-order chi connectivity index (χ0) is 14.9. The van der Waals surface area contributed by atoms with Gasteiger partial charge in [-0.15, -0.1) is 0 Å². The van der Waals surface area contributed by atoms with Gasteiger partial charge in [0.05, 0.1) is 33.0 Å². The Labute approximate surface area is 128 Å². The number of aryl methyl sites for hydroxylation is 2. The highest BCUT2D eigenvalue weighted by Crippen LogP contribution is 2.27. The summed E-state index contributed by atoms with van der Waals surface area (Å²) in [6, 6.07) is 0. The van der Waals surface area contributed by atoms with E-state index < -0.39 is 21.2 Å². The van der Waals surface area contributed by atoms with Crippen LogP contribution in [-0.2, 0) is 29.7 Å². The fourth-order valence-electron chi connectivity index (χ4n) is 2.78. The molecule has 20 heavy (non-hydrogen) atoms. The molecule has 0 aliphatic carbocycles. The van der Waals surface area contributed by atoms with Crippen molar-refractivity contribution in [3.8, 4) is 0 Å². The van der Waals surface area contributed by atoms with Gasteiger partial charge in [-0.1, -0.05) is 13.3 Å². The molecule has 1 aliphatic heterocycles. The summed E-state index contributed by atoms with van der Waals surface area (Å²) in [6.45, 7) is 2.01. The van der Waals surface area contributed by atoms with Gasteiger partial charge in [0.2, 0.25) is 0 Å². The maximum absolute atomic E-state index is 12.1. The summed E-state index contributed by atoms with van der Waals surface area (Å²) in [5.74, 6) is 0.196. The van der Waals surface area contributed by atoms with Gasteiger partial charge in [-0.25, -0.2) is 8.42 Å². The summed E-state index contributed by atoms with van der Waals surface area (Å²) >= 11 is 3.50. The predicted octanol–water partition coefficient (Wildman–Crippen LogP) is 1.62. The molecular weight excluding hydrogens is 344 g/mol. The molecule has 2 rings (SSSR count). The lowest BCUT2D eigenvalue weighted by molar-refractivity contribution is 0.159. The minimum Gasteiger partial charge on any atom is -0.391 e. The maximum Gasteiger partial charge on any atom is 0.155 e. The highest BCUT2D eigenvalue weighted by molar-refractivity contribution is 9.10. The summed E-state index contributed by atoms with van der Waals surface area (Å²) in [6.07, 6.45) is 2.38. The van der Waals surface area contributed by atoms with Gasteiger partial charge in [-0.2, -0.15) is 5.10 Å². The molecule has 2 unspecified atom stereocenters. The van der Waals surface area contributed by atoms with Gasteiger partial charge in [0.25, 0.3) is 0 Å². The Balaban J connectivity index is 2.19. The van der Waals surface area contributed by atoms with Crippen LogP contribution < -0.4 is 0 Å². The molecule has 0 bridgehead atoms. The molecule has 7 heteroatoms. The van der Waals surface area contributed by atoms with E-state index >= 15 is 0 Å². The quantitative estimate of drug-likeness (QED) is 0.880. The Morgan fingerprint density at radius 1 is 1.50 bits per heavy atom. The van der Waals surface area contributed by atoms with Gasteiger partial charge in [0, 0.05) is 13.5 Å². The van der Waals surface area contributed by atoms with Crippen molar-refractivity contribution in [1.82, 2.24) is 9.78 Å². The molecule has 0 spiro atoms. The SMILES string of the molecule is CCc1nn(C)c(CC(O)C2CCCCS2(=O)=O)c1Br. The second-order valence-corrected chi connectivity index (χ2v) is 8.49. The van der Waals surface area contributed by atoms with E-state index in [9.17, 15) is 13.5 Å². The molecule has 2 atom stereocenters. The fourth-order valence-corrected chi connectivity index (χ4v) is 5.57. The van der Waals surface area contributed by atoms with Gasteiger partial charge in [-0.3, -0.25) is 4.68 Å². The number of aliphatic hydroxyl groups is 1. The molecule has 1 aromatic heterocycles. The zero-order valence-electron chi connectivity index (χ0n) is 11.8. The first-order chi connectivity index (χ1) is 9.36. The van der Waals surface area contributed by atoms with Crippen molar-refractivity contribution in [2.24, 2.45) is 7.05 Å². The van der Waals surface area contributed by atoms with E-state index in [0.717, 1.165) is 28.7 Å². The molecule has 0 aromatic carbocycles. The normalized spacial score (nSPS) is 23.7. The van der Waals surface area contributed by atoms with Crippen molar-refractivity contribution in [1.29, 1.82) is 0 Å². The van der Waals surface area contributed by atoms with E-state index in [2.05, 4.69) is 21.0 Å². The van der Waals surface area contributed by atoms with Gasteiger partial charge < -0.3 is 5.11 Å². The summed E-state index contributed by atoms with van der Waals surface area (Å²) in [4.78, 5) is 0. The molecular formula is C13H21BrN2O3S. The first kappa shape index (κ1) is 16.0. The minimum atomic E-state index is -3.16. The van der Waals surface area contributed by atoms with Gasteiger partial charge >= 0.3 is 0 Å². The van der Waals surface area contributed by atoms with Crippen molar-refractivity contribution in [3.05, 3.63) is 15.9 Å². The highest BCUT2D eigenvalue weighted by atomic mass is 79.9. The van der Waals surface area contributed by atoms with Crippen molar-refractivity contribution < 1.29 is 13.5 Å². The van der Waals surface area contributed by atoms with Crippen molar-refractivity contribution in [2.45, 2.75) is 50.4 Å². The summed E-state index contributed by atoms with van der Waals surface area (Å²) < 4.78 is 26.7. The number of rotatable bonds is 4. The molecule has 5 nitrogen and oxygen atoms in total. The number of aromatic nitrogens is 2. The van der Waals surface area contributed by atoms with Crippen molar-refractivity contribution in [3.63, 3.8) is 0 Å². The largest absolute Gasteiger partial charge is 0.391 e. The summed E-state index contributed by atoms with van der Waals surface area (Å²) in [7, 11) is -1.34. The lowest BCUT2D eigenvalue weighted by atomic mass is 10.0. The molecule has 1 aliphatic rings. The van der Waals surface area contributed by atoms with Gasteiger partial charge in [-0.05, 0) is 35.2 Å². The Kier molecular flexibility index (Phi) is 4.92. The van der Waals surface area contributed by atoms with Crippen LogP contribution in [0.25, 0.3) is 0 Å². The van der Waals surface area contributed by atoms with Crippen LogP contribution >= 0.6 is 15.9 Å². The van der Waals surface area contributed by atoms with E-state index in [0.29, 0.717) is 19.3 Å². The highest BCUT2D eigenvalue weighted by Gasteiger charge is 2.35. The number of halogens is 1. The number of hydrogen-bond donors (Lipinski definition) is 1. The monoisotopic (exact) mass is 364 g/mol. The molecule has 0 amide bonds. The minimum absolute atomic E-state index is 0.196. The van der Waals surface area contributed by atoms with Crippen molar-refractivity contribution in [2.75, 3.05) is 5.75 Å². The Bertz CT molecular complexity index is 583. The topological polar surface area (TPSA) is 72.2 Å². The van der Waals surface area contributed by atoms with Crippen LogP contribution in [0, 0.1) is 0 Å². The van der Waals surface area contributed by atoms with E-state index in [-0.39, 0.29) is 5.75 Å². The third kappa shape index (κ3) is 3.09. The van der Waals surface area contributed by atoms with Crippen LogP contribution in [0.15, 0.2) is 4.47 Å². The second-order valence-electron chi connectivity index (χ2n) is 5.36. The number of nitrogens with zero attached hydrogens (tertiary/aromatic N) is 2. The molecule has 2 heterocycles. The lowest BCUT2D eigenvalue weighted by Gasteiger charge is -2.26. The Morgan fingerprint density at radius 2 is 2.20 bits per heavy atom. The maximum atomic E-state index is 12.1. The van der Waals surface area contributed by atoms with E-state index in [1.165, 1.54) is 0 Å². The zero-order valence-corrected chi connectivity index (χ0v) is 14.2. The van der Waals surface area contributed by atoms with Crippen LogP contribution in [0.2, 0.25) is 0 Å². The van der Waals surface area contributed by atoms with Crippen molar-refractivity contribution >= 4 is 25.8 Å². The van der Waals surface area contributed by atoms with E-state index in [1.807, 2.05) is 14.0 Å². The van der Waals surface area contributed by atoms with Gasteiger partial charge in [0.1, 0.15) is 0 Å². The molecule has 0 saturated carbocycles. The van der Waals surface area contributed by atoms with Crippen LogP contribution in [0.5, 0.6) is 0 Å². The third-order valence-corrected chi connectivity index (χ3v) is 7.21. The molecule has 1 aromatic rings. The fraction of sp³-hybridized carbons (Fsp3) is 0.769. The molecule has 0 radical (unpaired) electrons. The number of aliphatic hydroxyl groups excluding tert-OH is 1. The molecule has 1 N–H and O–H groups in total. The van der Waals surface area contributed by atoms with Crippen LogP contribution in [-0.4, -0.2) is 40.4 Å².